The van der Waals surface area contributed by atoms with E-state index in [1.807, 2.05) is 0 Å². The fourth-order valence-electron chi connectivity index (χ4n) is 11.8. The standard InChI is InChI=1S/C53H68O24/c1-18-29(73-34-14-30(43(58)21(4)69-34)74-33-13-28(55)42(57)20(3)68-33)12-26-10-25-11-27-48(67-9)47(62)38(19(2)54)50(64)53(27,51(65)40(25)46(61)39(26)41(18)56)77-36-16-32(45(60)23(6)71-36)75-35-15-31(44(59)22(5)70-35)76-37-17-52(8,66)49(63)24(7)72-37/h10,12,20-24,27-28,30-37,42-44,48,55-59,61,64,66H,11,13-17H2,1-9H3/t20?,21?,22?,23?,24?,27?,28?,30?,31?,32?,33?,34?,35?,36?,37?,42?,43?,44?,48-,52?,53+/m0/s1. The van der Waals surface area contributed by atoms with E-state index in [9.17, 15) is 60.0 Å². The van der Waals surface area contributed by atoms with Crippen molar-refractivity contribution >= 4 is 39.7 Å². The van der Waals surface area contributed by atoms with Crippen molar-refractivity contribution in [2.24, 2.45) is 5.92 Å². The zero-order chi connectivity index (χ0) is 56.1. The Bertz CT molecular complexity index is 2690. The summed E-state index contributed by atoms with van der Waals surface area (Å²) in [5.41, 5.74) is -5.55. The summed E-state index contributed by atoms with van der Waals surface area (Å²) in [4.78, 5) is 69.2. The molecule has 5 fully saturated rings. The maximum atomic E-state index is 15.6. The lowest BCUT2D eigenvalue weighted by Crippen LogP contribution is -2.65. The highest BCUT2D eigenvalue weighted by Crippen LogP contribution is 2.53. The van der Waals surface area contributed by atoms with Crippen LogP contribution in [0.5, 0.6) is 17.2 Å². The van der Waals surface area contributed by atoms with Crippen molar-refractivity contribution in [3.63, 3.8) is 0 Å². The summed E-state index contributed by atoms with van der Waals surface area (Å²) < 4.78 is 66.3. The number of phenolic OH excluding ortho intramolecular Hbond substituents is 2. The fraction of sp³-hybridized carbons (Fsp3) is 0.679. The number of aliphatic hydroxyl groups is 6. The third-order valence-electron chi connectivity index (χ3n) is 16.1. The first kappa shape index (κ1) is 57.1. The first-order valence-electron chi connectivity index (χ1n) is 25.9. The van der Waals surface area contributed by atoms with Crippen molar-refractivity contribution in [3.05, 3.63) is 40.2 Å². The van der Waals surface area contributed by atoms with Gasteiger partial charge in [-0.15, -0.1) is 0 Å². The smallest absolute Gasteiger partial charge is 0.207 e. The Morgan fingerprint density at radius 3 is 1.91 bits per heavy atom. The molecule has 21 atom stereocenters. The second kappa shape index (κ2) is 21.5. The highest BCUT2D eigenvalue weighted by atomic mass is 16.7. The lowest BCUT2D eigenvalue weighted by atomic mass is 9.62. The molecule has 24 nitrogen and oxygen atoms in total. The highest BCUT2D eigenvalue weighted by Gasteiger charge is 2.65. The first-order chi connectivity index (χ1) is 36.2. The molecule has 424 valence electrons. The van der Waals surface area contributed by atoms with E-state index >= 15 is 4.79 Å². The molecule has 0 radical (unpaired) electrons. The Hall–Kier alpha value is -4.61. The van der Waals surface area contributed by atoms with E-state index in [2.05, 4.69) is 0 Å². The topological polar surface area (TPSA) is 349 Å². The van der Waals surface area contributed by atoms with Gasteiger partial charge in [0.2, 0.25) is 12.1 Å². The molecule has 5 saturated heterocycles. The SMILES string of the molecule is CO[C@@H]1C(=O)C(C(C)=O)=C(O)[C@@]2(OC3CC(OC4CC(OC5CC(C)(O)C(=O)C(C)O5)C(O)C(C)O4)C(=O)C(C)O3)C(=O)c3c(cc4cc(OC5CC(OC6CC(O)C(O)C(C)O6)C(O)C(C)O5)c(C)c(O)c4c3O)CC12. The first-order valence-corrected chi connectivity index (χ1v) is 25.9. The molecule has 2 aliphatic carbocycles. The summed E-state index contributed by atoms with van der Waals surface area (Å²) in [5.74, 6) is -7.95. The highest BCUT2D eigenvalue weighted by molar-refractivity contribution is 6.25. The average Bonchev–Trinajstić information content (AvgIpc) is 3.44. The number of rotatable bonds is 12. The van der Waals surface area contributed by atoms with Gasteiger partial charge < -0.3 is 93.0 Å². The van der Waals surface area contributed by atoms with Gasteiger partial charge in [-0.25, -0.2) is 0 Å². The van der Waals surface area contributed by atoms with E-state index < -0.39 is 192 Å². The second-order valence-corrected chi connectivity index (χ2v) is 21.5. The Labute approximate surface area is 441 Å². The number of benzene rings is 2. The number of ketones is 5. The zero-order valence-corrected chi connectivity index (χ0v) is 44.0. The van der Waals surface area contributed by atoms with Gasteiger partial charge in [0.15, 0.2) is 53.9 Å². The van der Waals surface area contributed by atoms with Crippen LogP contribution in [0.1, 0.15) is 102 Å². The van der Waals surface area contributed by atoms with Gasteiger partial charge in [0, 0.05) is 50.7 Å². The van der Waals surface area contributed by atoms with Crippen molar-refractivity contribution in [3.8, 4) is 17.2 Å². The van der Waals surface area contributed by atoms with Crippen molar-refractivity contribution in [1.82, 2.24) is 0 Å². The molecule has 0 aromatic heterocycles. The number of methoxy groups -OCH3 is 1. The van der Waals surface area contributed by atoms with Crippen LogP contribution in [0.2, 0.25) is 0 Å². The summed E-state index contributed by atoms with van der Waals surface area (Å²) >= 11 is 0. The molecule has 24 heteroatoms. The number of fused-ring (bicyclic) bond motifs is 3. The Morgan fingerprint density at radius 2 is 1.30 bits per heavy atom. The molecule has 9 rings (SSSR count). The monoisotopic (exact) mass is 1090 g/mol. The molecule has 0 bridgehead atoms. The summed E-state index contributed by atoms with van der Waals surface area (Å²) in [6, 6.07) is 2.95. The number of aromatic hydroxyl groups is 2. The minimum absolute atomic E-state index is 0.0557. The lowest BCUT2D eigenvalue weighted by molar-refractivity contribution is -0.309. The maximum Gasteiger partial charge on any atom is 0.207 e. The van der Waals surface area contributed by atoms with Gasteiger partial charge in [-0.05, 0) is 84.9 Å². The molecular weight excluding hydrogens is 1020 g/mol. The minimum atomic E-state index is -2.72. The number of ether oxygens (including phenoxy) is 11. The summed E-state index contributed by atoms with van der Waals surface area (Å²) in [5, 5.41) is 89.6. The van der Waals surface area contributed by atoms with Gasteiger partial charge in [-0.3, -0.25) is 24.0 Å². The van der Waals surface area contributed by atoms with Crippen LogP contribution < -0.4 is 4.74 Å². The molecule has 8 N–H and O–H groups in total. The number of hydrogen-bond donors (Lipinski definition) is 8. The van der Waals surface area contributed by atoms with Gasteiger partial charge in [0.25, 0.3) is 0 Å². The van der Waals surface area contributed by atoms with Gasteiger partial charge in [-0.2, -0.15) is 0 Å². The predicted molar refractivity (Wildman–Crippen MR) is 258 cm³/mol. The van der Waals surface area contributed by atoms with E-state index in [1.165, 1.54) is 46.9 Å². The Balaban J connectivity index is 1.01. The largest absolute Gasteiger partial charge is 0.508 e. The van der Waals surface area contributed by atoms with E-state index in [0.717, 1.165) is 6.92 Å². The molecule has 19 unspecified atom stereocenters. The Morgan fingerprint density at radius 1 is 0.714 bits per heavy atom. The van der Waals surface area contributed by atoms with Crippen LogP contribution in [-0.2, 0) is 73.0 Å². The van der Waals surface area contributed by atoms with Gasteiger partial charge in [0.1, 0.15) is 76.9 Å². The van der Waals surface area contributed by atoms with Gasteiger partial charge >= 0.3 is 0 Å². The number of aliphatic hydroxyl groups excluding tert-OH is 5. The molecule has 0 spiro atoms. The summed E-state index contributed by atoms with van der Waals surface area (Å²) in [6.45, 7) is 11.4. The molecule has 5 aliphatic heterocycles. The van der Waals surface area contributed by atoms with Crippen LogP contribution in [0.3, 0.4) is 0 Å². The van der Waals surface area contributed by atoms with Crippen LogP contribution in [0.25, 0.3) is 10.8 Å². The van der Waals surface area contributed by atoms with Crippen molar-refractivity contribution < 1.29 is 117 Å². The van der Waals surface area contributed by atoms with Crippen LogP contribution in [0.4, 0.5) is 0 Å². The van der Waals surface area contributed by atoms with Crippen LogP contribution in [-0.4, -0.2) is 199 Å². The number of hydrogen-bond acceptors (Lipinski definition) is 24. The minimum Gasteiger partial charge on any atom is -0.508 e. The second-order valence-electron chi connectivity index (χ2n) is 21.5. The van der Waals surface area contributed by atoms with Crippen LogP contribution >= 0.6 is 0 Å². The predicted octanol–water partition coefficient (Wildman–Crippen LogP) is 1.21. The third-order valence-corrected chi connectivity index (χ3v) is 16.1. The van der Waals surface area contributed by atoms with E-state index in [4.69, 9.17) is 52.1 Å². The van der Waals surface area contributed by atoms with Gasteiger partial charge in [-0.1, -0.05) is 0 Å². The molecule has 7 aliphatic rings. The van der Waals surface area contributed by atoms with E-state index in [1.54, 1.807) is 20.8 Å². The number of carbonyl (C=O) groups excluding carboxylic acids is 5. The molecular formula is C53H68O24. The van der Waals surface area contributed by atoms with Crippen molar-refractivity contribution in [1.29, 1.82) is 0 Å². The van der Waals surface area contributed by atoms with Crippen LogP contribution in [0, 0.1) is 12.8 Å². The molecule has 2 aromatic rings. The molecule has 2 aromatic carbocycles. The molecule has 0 amide bonds. The quantitative estimate of drug-likeness (QED) is 0.138. The van der Waals surface area contributed by atoms with E-state index in [-0.39, 0.29) is 59.8 Å². The number of carbonyl (C=O) groups is 5. The normalized spacial score (nSPS) is 41.8. The molecule has 0 saturated carbocycles. The van der Waals surface area contributed by atoms with Gasteiger partial charge in [0.05, 0.1) is 47.6 Å². The Kier molecular flexibility index (Phi) is 15.9. The summed E-state index contributed by atoms with van der Waals surface area (Å²) in [6.07, 6.45) is -21.8. The zero-order valence-electron chi connectivity index (χ0n) is 44.0. The number of Topliss-reactive ketones (excluding diaryl/α,β-unsaturated/α-hetero) is 5. The van der Waals surface area contributed by atoms with Crippen LogP contribution in [0.15, 0.2) is 23.5 Å². The fourth-order valence-corrected chi connectivity index (χ4v) is 11.8. The molecule has 5 heterocycles. The molecule has 77 heavy (non-hydrogen) atoms. The summed E-state index contributed by atoms with van der Waals surface area (Å²) in [7, 11) is 1.17. The average molecular weight is 1090 g/mol. The van der Waals surface area contributed by atoms with E-state index in [0.29, 0.717) is 0 Å². The van der Waals surface area contributed by atoms with Crippen molar-refractivity contribution in [2.75, 3.05) is 7.11 Å². The number of phenols is 2. The van der Waals surface area contributed by atoms with Crippen molar-refractivity contribution in [2.45, 2.75) is 216 Å². The third kappa shape index (κ3) is 10.2. The maximum absolute atomic E-state index is 15.6. The lowest BCUT2D eigenvalue weighted by Gasteiger charge is -2.49.